The number of aromatic hydroxyl groups is 1. The first-order valence-electron chi connectivity index (χ1n) is 5.88. The molecule has 2 aromatic rings. The maximum Gasteiger partial charge on any atom is 0.115 e. The minimum atomic E-state index is 0.212. The Kier molecular flexibility index (Phi) is 4.11. The molecule has 1 atom stereocenters. The fraction of sp³-hybridized carbons (Fsp3) is 0.200. The highest BCUT2D eigenvalue weighted by molar-refractivity contribution is 14.1. The van der Waals surface area contributed by atoms with Crippen LogP contribution in [-0.2, 0) is 0 Å². The summed E-state index contributed by atoms with van der Waals surface area (Å²) in [5.74, 6) is 0.302. The molecule has 18 heavy (non-hydrogen) atoms. The average molecular weight is 353 g/mol. The highest BCUT2D eigenvalue weighted by Crippen LogP contribution is 2.23. The lowest BCUT2D eigenvalue weighted by molar-refractivity contribution is 0.475. The maximum absolute atomic E-state index is 9.27. The van der Waals surface area contributed by atoms with Crippen LogP contribution in [0.4, 0.5) is 5.69 Å². The van der Waals surface area contributed by atoms with Gasteiger partial charge in [-0.05, 0) is 71.8 Å². The van der Waals surface area contributed by atoms with E-state index in [0.717, 1.165) is 11.3 Å². The molecule has 94 valence electrons. The SMILES string of the molecule is Cc1ccc(NC(C)c2ccc(O)cc2)cc1I. The van der Waals surface area contributed by atoms with E-state index in [1.165, 1.54) is 9.13 Å². The fourth-order valence-corrected chi connectivity index (χ4v) is 2.29. The van der Waals surface area contributed by atoms with Crippen molar-refractivity contribution in [2.24, 2.45) is 0 Å². The van der Waals surface area contributed by atoms with Gasteiger partial charge in [-0.2, -0.15) is 0 Å². The average Bonchev–Trinajstić information content (AvgIpc) is 2.34. The summed E-state index contributed by atoms with van der Waals surface area (Å²) in [7, 11) is 0. The van der Waals surface area contributed by atoms with Gasteiger partial charge in [-0.1, -0.05) is 18.2 Å². The van der Waals surface area contributed by atoms with Gasteiger partial charge in [0.1, 0.15) is 5.75 Å². The summed E-state index contributed by atoms with van der Waals surface area (Å²) in [6.45, 7) is 4.22. The van der Waals surface area contributed by atoms with Crippen LogP contribution in [0.3, 0.4) is 0 Å². The molecule has 0 fully saturated rings. The second-order valence-electron chi connectivity index (χ2n) is 4.42. The van der Waals surface area contributed by atoms with Gasteiger partial charge in [-0.3, -0.25) is 0 Å². The zero-order valence-corrected chi connectivity index (χ0v) is 12.6. The lowest BCUT2D eigenvalue weighted by Gasteiger charge is -2.16. The molecule has 0 aliphatic heterocycles. The van der Waals surface area contributed by atoms with Crippen molar-refractivity contribution >= 4 is 28.3 Å². The molecule has 3 heteroatoms. The molecular formula is C15H16INO. The Hall–Kier alpha value is -1.23. The van der Waals surface area contributed by atoms with E-state index in [-0.39, 0.29) is 6.04 Å². The Morgan fingerprint density at radius 3 is 2.39 bits per heavy atom. The minimum absolute atomic E-state index is 0.212. The number of hydrogen-bond donors (Lipinski definition) is 2. The van der Waals surface area contributed by atoms with E-state index in [4.69, 9.17) is 0 Å². The summed E-state index contributed by atoms with van der Waals surface area (Å²) >= 11 is 2.34. The molecule has 0 aliphatic carbocycles. The van der Waals surface area contributed by atoms with Gasteiger partial charge in [0.25, 0.3) is 0 Å². The van der Waals surface area contributed by atoms with Crippen molar-refractivity contribution in [1.29, 1.82) is 0 Å². The van der Waals surface area contributed by atoms with Gasteiger partial charge in [-0.15, -0.1) is 0 Å². The van der Waals surface area contributed by atoms with Crippen LogP contribution >= 0.6 is 22.6 Å². The Labute approximate surface area is 121 Å². The van der Waals surface area contributed by atoms with Crippen molar-refractivity contribution < 1.29 is 5.11 Å². The van der Waals surface area contributed by atoms with Gasteiger partial charge in [-0.25, -0.2) is 0 Å². The van der Waals surface area contributed by atoms with Crippen LogP contribution in [0.1, 0.15) is 24.1 Å². The van der Waals surface area contributed by atoms with Gasteiger partial charge in [0, 0.05) is 15.3 Å². The number of phenols is 1. The van der Waals surface area contributed by atoms with Crippen LogP contribution in [0.2, 0.25) is 0 Å². The van der Waals surface area contributed by atoms with Crippen LogP contribution in [0, 0.1) is 10.5 Å². The first-order valence-corrected chi connectivity index (χ1v) is 6.96. The van der Waals surface area contributed by atoms with Crippen molar-refractivity contribution in [3.63, 3.8) is 0 Å². The van der Waals surface area contributed by atoms with Crippen LogP contribution in [0.15, 0.2) is 42.5 Å². The predicted octanol–water partition coefficient (Wildman–Crippen LogP) is 4.48. The smallest absolute Gasteiger partial charge is 0.115 e. The zero-order chi connectivity index (χ0) is 13.1. The molecule has 0 radical (unpaired) electrons. The van der Waals surface area contributed by atoms with E-state index in [2.05, 4.69) is 60.0 Å². The Morgan fingerprint density at radius 1 is 1.11 bits per heavy atom. The number of phenolic OH excluding ortho intramolecular Hbond substituents is 1. The fourth-order valence-electron chi connectivity index (χ4n) is 1.78. The minimum Gasteiger partial charge on any atom is -0.508 e. The lowest BCUT2D eigenvalue weighted by atomic mass is 10.1. The first kappa shape index (κ1) is 13.2. The highest BCUT2D eigenvalue weighted by atomic mass is 127. The summed E-state index contributed by atoms with van der Waals surface area (Å²) < 4.78 is 1.26. The maximum atomic E-state index is 9.27. The molecule has 0 saturated carbocycles. The molecule has 0 spiro atoms. The lowest BCUT2D eigenvalue weighted by Crippen LogP contribution is -2.06. The van der Waals surface area contributed by atoms with Gasteiger partial charge in [0.2, 0.25) is 0 Å². The van der Waals surface area contributed by atoms with E-state index < -0.39 is 0 Å². The van der Waals surface area contributed by atoms with Crippen LogP contribution < -0.4 is 5.32 Å². The van der Waals surface area contributed by atoms with Gasteiger partial charge in [0.05, 0.1) is 0 Å². The number of halogens is 1. The molecule has 0 saturated heterocycles. The zero-order valence-electron chi connectivity index (χ0n) is 10.4. The summed E-state index contributed by atoms with van der Waals surface area (Å²) in [5, 5.41) is 12.7. The third kappa shape index (κ3) is 3.16. The molecule has 1 unspecified atom stereocenters. The number of benzene rings is 2. The third-order valence-electron chi connectivity index (χ3n) is 2.95. The number of nitrogens with one attached hydrogen (secondary N) is 1. The number of anilines is 1. The molecule has 0 amide bonds. The topological polar surface area (TPSA) is 32.3 Å². The largest absolute Gasteiger partial charge is 0.508 e. The van der Waals surface area contributed by atoms with Crippen LogP contribution in [0.5, 0.6) is 5.75 Å². The first-order chi connectivity index (χ1) is 8.56. The Bertz CT molecular complexity index is 537. The quantitative estimate of drug-likeness (QED) is 0.798. The Morgan fingerprint density at radius 2 is 1.78 bits per heavy atom. The van der Waals surface area contributed by atoms with Crippen molar-refractivity contribution in [1.82, 2.24) is 0 Å². The van der Waals surface area contributed by atoms with Gasteiger partial charge >= 0.3 is 0 Å². The van der Waals surface area contributed by atoms with Crippen molar-refractivity contribution in [3.8, 4) is 5.75 Å². The normalized spacial score (nSPS) is 12.2. The molecule has 2 N–H and O–H groups in total. The van der Waals surface area contributed by atoms with E-state index in [0.29, 0.717) is 5.75 Å². The van der Waals surface area contributed by atoms with Crippen LogP contribution in [0.25, 0.3) is 0 Å². The molecule has 0 bridgehead atoms. The second kappa shape index (κ2) is 5.61. The predicted molar refractivity (Wildman–Crippen MR) is 84.0 cm³/mol. The molecule has 2 rings (SSSR count). The molecule has 0 aliphatic rings. The van der Waals surface area contributed by atoms with Gasteiger partial charge in [0.15, 0.2) is 0 Å². The molecule has 0 heterocycles. The Balaban J connectivity index is 2.13. The van der Waals surface area contributed by atoms with E-state index in [9.17, 15) is 5.11 Å². The molecular weight excluding hydrogens is 337 g/mol. The van der Waals surface area contributed by atoms with E-state index in [1.807, 2.05) is 12.1 Å². The number of aryl methyl sites for hydroxylation is 1. The van der Waals surface area contributed by atoms with Crippen LogP contribution in [-0.4, -0.2) is 5.11 Å². The summed E-state index contributed by atoms with van der Waals surface area (Å²) in [6, 6.07) is 13.9. The van der Waals surface area contributed by atoms with Crippen molar-refractivity contribution in [2.45, 2.75) is 19.9 Å². The molecule has 2 nitrogen and oxygen atoms in total. The highest BCUT2D eigenvalue weighted by Gasteiger charge is 2.06. The standard InChI is InChI=1S/C15H16INO/c1-10-3-6-13(9-15(10)16)17-11(2)12-4-7-14(18)8-5-12/h3-9,11,17-18H,1-2H3. The van der Waals surface area contributed by atoms with E-state index in [1.54, 1.807) is 12.1 Å². The summed E-state index contributed by atoms with van der Waals surface area (Å²) in [6.07, 6.45) is 0. The van der Waals surface area contributed by atoms with Crippen molar-refractivity contribution in [3.05, 3.63) is 57.2 Å². The monoisotopic (exact) mass is 353 g/mol. The summed E-state index contributed by atoms with van der Waals surface area (Å²) in [5.41, 5.74) is 3.56. The summed E-state index contributed by atoms with van der Waals surface area (Å²) in [4.78, 5) is 0. The van der Waals surface area contributed by atoms with Crippen molar-refractivity contribution in [2.75, 3.05) is 5.32 Å². The second-order valence-corrected chi connectivity index (χ2v) is 5.58. The van der Waals surface area contributed by atoms with E-state index >= 15 is 0 Å². The van der Waals surface area contributed by atoms with Gasteiger partial charge < -0.3 is 10.4 Å². The number of hydrogen-bond acceptors (Lipinski definition) is 2. The molecule has 0 aromatic heterocycles. The molecule has 2 aromatic carbocycles. The number of rotatable bonds is 3. The third-order valence-corrected chi connectivity index (χ3v) is 4.11.